The Morgan fingerprint density at radius 2 is 1.71 bits per heavy atom. The van der Waals surface area contributed by atoms with Gasteiger partial charge in [0.05, 0.1) is 11.9 Å². The van der Waals surface area contributed by atoms with E-state index in [0.717, 1.165) is 0 Å². The summed E-state index contributed by atoms with van der Waals surface area (Å²) in [7, 11) is 0. The zero-order valence-electron chi connectivity index (χ0n) is 7.02. The van der Waals surface area contributed by atoms with E-state index in [0.29, 0.717) is 5.56 Å². The van der Waals surface area contributed by atoms with Gasteiger partial charge in [0.25, 0.3) is 0 Å². The molecule has 4 N–H and O–H groups in total. The summed E-state index contributed by atoms with van der Waals surface area (Å²) in [5, 5.41) is 8.31. The van der Waals surface area contributed by atoms with Gasteiger partial charge in [-0.05, 0) is 29.3 Å². The first kappa shape index (κ1) is 13.2. The first-order chi connectivity index (χ1) is 6.61. The molecule has 0 aromatic heterocycles. The van der Waals surface area contributed by atoms with Crippen LogP contribution >= 0.6 is 23.5 Å². The first-order valence-corrected chi connectivity index (χ1v) is 4.23. The highest BCUT2D eigenvalue weighted by molar-refractivity contribution is 6.64. The lowest BCUT2D eigenvalue weighted by Gasteiger charge is -2.05. The summed E-state index contributed by atoms with van der Waals surface area (Å²) >= 11 is 8.82. The summed E-state index contributed by atoms with van der Waals surface area (Å²) in [4.78, 5) is 10.6. The van der Waals surface area contributed by atoms with Crippen LogP contribution in [0.25, 0.3) is 0 Å². The molecule has 1 rings (SSSR count). The van der Waals surface area contributed by atoms with Crippen molar-refractivity contribution in [2.45, 2.75) is 6.04 Å². The summed E-state index contributed by atoms with van der Waals surface area (Å²) in [6.07, 6.45) is 0. The summed E-state index contributed by atoms with van der Waals surface area (Å²) in [5.74, 6) is 0.132. The molecule has 0 spiro atoms. The largest absolute Gasteiger partial charge is 0.508 e. The number of hydrogen-bond acceptors (Lipinski definition) is 4. The van der Waals surface area contributed by atoms with E-state index in [4.69, 9.17) is 27.1 Å². The number of phenols is 1. The van der Waals surface area contributed by atoms with Crippen LogP contribution in [-0.2, 0) is 4.79 Å². The number of carbonyl (C=O) groups is 1. The Morgan fingerprint density at radius 1 is 1.29 bits per heavy atom. The van der Waals surface area contributed by atoms with Gasteiger partial charge >= 0.3 is 0 Å². The number of aromatic hydroxyl groups is 1. The molecular weight excluding hydrogens is 229 g/mol. The Labute approximate surface area is 91.0 Å². The molecule has 0 radical (unpaired) electrons. The van der Waals surface area contributed by atoms with E-state index in [1.165, 1.54) is 12.1 Å². The standard InChI is InChI=1S/C8H8ClNO2.ClHO/c9-8(12)7(10)5-1-3-6(11)4-2-5;1-2/h1-4,7,11H,10H2;2H. The van der Waals surface area contributed by atoms with Gasteiger partial charge in [-0.15, -0.1) is 0 Å². The van der Waals surface area contributed by atoms with E-state index in [-0.39, 0.29) is 5.75 Å². The van der Waals surface area contributed by atoms with Crippen LogP contribution in [0.1, 0.15) is 11.6 Å². The molecule has 1 unspecified atom stereocenters. The van der Waals surface area contributed by atoms with Crippen molar-refractivity contribution in [2.24, 2.45) is 5.73 Å². The minimum absolute atomic E-state index is 0.132. The van der Waals surface area contributed by atoms with Gasteiger partial charge in [-0.1, -0.05) is 12.1 Å². The molecule has 6 heteroatoms. The van der Waals surface area contributed by atoms with Crippen LogP contribution in [0.3, 0.4) is 0 Å². The van der Waals surface area contributed by atoms with Crippen LogP contribution in [-0.4, -0.2) is 15.0 Å². The minimum Gasteiger partial charge on any atom is -0.508 e. The maximum atomic E-state index is 10.6. The summed E-state index contributed by atoms with van der Waals surface area (Å²) in [6.45, 7) is 0. The van der Waals surface area contributed by atoms with Crippen LogP contribution in [0.4, 0.5) is 0 Å². The fourth-order valence-corrected chi connectivity index (χ4v) is 0.939. The van der Waals surface area contributed by atoms with Gasteiger partial charge in [0.2, 0.25) is 5.24 Å². The molecule has 0 aliphatic rings. The number of carbonyl (C=O) groups excluding carboxylic acids is 1. The van der Waals surface area contributed by atoms with Crippen molar-refractivity contribution >= 4 is 28.7 Å². The van der Waals surface area contributed by atoms with Gasteiger partial charge in [-0.3, -0.25) is 9.45 Å². The predicted octanol–water partition coefficient (Wildman–Crippen LogP) is 1.29. The molecule has 0 heterocycles. The van der Waals surface area contributed by atoms with Crippen molar-refractivity contribution in [3.8, 4) is 5.75 Å². The smallest absolute Gasteiger partial charge is 0.242 e. The summed E-state index contributed by atoms with van der Waals surface area (Å²) in [6, 6.07) is 5.21. The molecule has 4 nitrogen and oxygen atoms in total. The van der Waals surface area contributed by atoms with Gasteiger partial charge in [-0.2, -0.15) is 0 Å². The Kier molecular flexibility index (Phi) is 6.23. The van der Waals surface area contributed by atoms with Gasteiger partial charge in [0.1, 0.15) is 11.8 Å². The number of halogens is 2. The van der Waals surface area contributed by atoms with Crippen molar-refractivity contribution in [3.63, 3.8) is 0 Å². The molecule has 0 aliphatic carbocycles. The van der Waals surface area contributed by atoms with Crippen molar-refractivity contribution in [2.75, 3.05) is 0 Å². The predicted molar refractivity (Wildman–Crippen MR) is 54.0 cm³/mol. The number of hydrogen-bond donors (Lipinski definition) is 3. The Bertz CT molecular complexity index is 289. The van der Waals surface area contributed by atoms with Crippen molar-refractivity contribution in [1.82, 2.24) is 0 Å². The Morgan fingerprint density at radius 3 is 2.07 bits per heavy atom. The van der Waals surface area contributed by atoms with Crippen molar-refractivity contribution in [1.29, 1.82) is 0 Å². The molecule has 78 valence electrons. The molecular formula is C8H9Cl2NO3. The third kappa shape index (κ3) is 3.93. The van der Waals surface area contributed by atoms with E-state index in [2.05, 4.69) is 11.9 Å². The SMILES string of the molecule is NC(C(=O)Cl)c1ccc(O)cc1.OCl. The van der Waals surface area contributed by atoms with Crippen LogP contribution in [0.2, 0.25) is 0 Å². The second kappa shape index (κ2) is 6.62. The fourth-order valence-electron chi connectivity index (χ4n) is 0.813. The monoisotopic (exact) mass is 237 g/mol. The Hall–Kier alpha value is -0.810. The summed E-state index contributed by atoms with van der Waals surface area (Å²) < 4.78 is 6.47. The van der Waals surface area contributed by atoms with Crippen molar-refractivity contribution in [3.05, 3.63) is 29.8 Å². The number of nitrogens with two attached hydrogens (primary N) is 1. The molecule has 0 amide bonds. The number of benzene rings is 1. The zero-order valence-corrected chi connectivity index (χ0v) is 8.53. The van der Waals surface area contributed by atoms with Gasteiger partial charge < -0.3 is 10.8 Å². The van der Waals surface area contributed by atoms with Crippen LogP contribution in [0, 0.1) is 0 Å². The topological polar surface area (TPSA) is 83.6 Å². The molecule has 0 bridgehead atoms. The molecule has 1 aromatic rings. The minimum atomic E-state index is -0.813. The van der Waals surface area contributed by atoms with E-state index in [1.54, 1.807) is 12.1 Å². The third-order valence-electron chi connectivity index (χ3n) is 1.50. The lowest BCUT2D eigenvalue weighted by atomic mass is 10.1. The van der Waals surface area contributed by atoms with Gasteiger partial charge in [0.15, 0.2) is 0 Å². The van der Waals surface area contributed by atoms with Crippen LogP contribution in [0.5, 0.6) is 5.75 Å². The lowest BCUT2D eigenvalue weighted by molar-refractivity contribution is -0.112. The second-order valence-corrected chi connectivity index (χ2v) is 2.75. The quantitative estimate of drug-likeness (QED) is 0.678. The van der Waals surface area contributed by atoms with E-state index < -0.39 is 11.3 Å². The third-order valence-corrected chi connectivity index (χ3v) is 1.73. The normalized spacial score (nSPS) is 11.1. The van der Waals surface area contributed by atoms with E-state index in [1.807, 2.05) is 0 Å². The molecule has 0 saturated carbocycles. The lowest BCUT2D eigenvalue weighted by Crippen LogP contribution is -2.16. The average molecular weight is 238 g/mol. The first-order valence-electron chi connectivity index (χ1n) is 3.52. The maximum Gasteiger partial charge on any atom is 0.242 e. The highest BCUT2D eigenvalue weighted by Gasteiger charge is 2.12. The Balaban J connectivity index is 0.000000791. The number of phenolic OH excluding ortho intramolecular Hbond substituents is 1. The second-order valence-electron chi connectivity index (χ2n) is 2.37. The molecule has 14 heavy (non-hydrogen) atoms. The summed E-state index contributed by atoms with van der Waals surface area (Å²) in [5.41, 5.74) is 6.02. The molecule has 1 aromatic carbocycles. The van der Waals surface area contributed by atoms with E-state index >= 15 is 0 Å². The maximum absolute atomic E-state index is 10.6. The van der Waals surface area contributed by atoms with Crippen LogP contribution < -0.4 is 5.73 Å². The fraction of sp³-hybridized carbons (Fsp3) is 0.125. The number of rotatable bonds is 2. The molecule has 0 aliphatic heterocycles. The van der Waals surface area contributed by atoms with E-state index in [9.17, 15) is 4.79 Å². The molecule has 0 saturated heterocycles. The zero-order chi connectivity index (χ0) is 11.1. The van der Waals surface area contributed by atoms with Crippen LogP contribution in [0.15, 0.2) is 24.3 Å². The molecule has 1 atom stereocenters. The van der Waals surface area contributed by atoms with Gasteiger partial charge in [0, 0.05) is 0 Å². The average Bonchev–Trinajstić information content (AvgIpc) is 2.21. The highest BCUT2D eigenvalue weighted by Crippen LogP contribution is 2.16. The van der Waals surface area contributed by atoms with Crippen molar-refractivity contribution < 1.29 is 14.6 Å². The van der Waals surface area contributed by atoms with Gasteiger partial charge in [-0.25, -0.2) is 0 Å². The molecule has 0 fully saturated rings. The highest BCUT2D eigenvalue weighted by atomic mass is 35.5.